The van der Waals surface area contributed by atoms with Gasteiger partial charge in [-0.2, -0.15) is 0 Å². The van der Waals surface area contributed by atoms with Crippen molar-refractivity contribution in [2.45, 2.75) is 19.9 Å². The Morgan fingerprint density at radius 1 is 1.35 bits per heavy atom. The van der Waals surface area contributed by atoms with Crippen LogP contribution < -0.4 is 0 Å². The Morgan fingerprint density at radius 2 is 2.08 bits per heavy atom. The molecular weight excluding hydrogens is 356 g/mol. The summed E-state index contributed by atoms with van der Waals surface area (Å²) < 4.78 is 0. The van der Waals surface area contributed by atoms with Gasteiger partial charge in [-0.15, -0.1) is 0 Å². The maximum Gasteiger partial charge on any atom is 0.352 e. The number of aromatic carboxylic acids is 1. The van der Waals surface area contributed by atoms with Crippen molar-refractivity contribution in [3.63, 3.8) is 0 Å². The topological polar surface area (TPSA) is 90.5 Å². The minimum absolute atomic E-state index is 0.140. The molecule has 1 atom stereocenters. The van der Waals surface area contributed by atoms with Gasteiger partial charge in [-0.05, 0) is 31.6 Å². The standard InChI is InChI=1S/C19H19ClN2O4/c1-3-5-12(4-2)9-22(11-24)16(10-23)17-14-7-6-13(20)8-15(14)21-18(17)19(25)26/h3-8,10-11,16,21H,9H2,1-2H3,(H,25,26)/b5-3-,12-4+. The molecule has 1 heterocycles. The second-order valence-electron chi connectivity index (χ2n) is 5.63. The van der Waals surface area contributed by atoms with Crippen molar-refractivity contribution >= 4 is 41.2 Å². The molecule has 2 rings (SSSR count). The number of hydrogen-bond donors (Lipinski definition) is 2. The highest BCUT2D eigenvalue weighted by Gasteiger charge is 2.28. The van der Waals surface area contributed by atoms with E-state index in [1.165, 1.54) is 4.90 Å². The maximum absolute atomic E-state index is 11.8. The Morgan fingerprint density at radius 3 is 2.62 bits per heavy atom. The molecule has 0 saturated carbocycles. The second kappa shape index (κ2) is 8.49. The highest BCUT2D eigenvalue weighted by Crippen LogP contribution is 2.32. The molecule has 26 heavy (non-hydrogen) atoms. The average molecular weight is 375 g/mol. The summed E-state index contributed by atoms with van der Waals surface area (Å²) in [5.41, 5.74) is 1.41. The van der Waals surface area contributed by atoms with E-state index in [-0.39, 0.29) is 17.8 Å². The van der Waals surface area contributed by atoms with Gasteiger partial charge in [0.2, 0.25) is 6.41 Å². The molecule has 0 spiro atoms. The molecule has 0 radical (unpaired) electrons. The van der Waals surface area contributed by atoms with Crippen LogP contribution >= 0.6 is 11.6 Å². The van der Waals surface area contributed by atoms with Crippen LogP contribution in [-0.4, -0.2) is 40.2 Å². The highest BCUT2D eigenvalue weighted by atomic mass is 35.5. The number of fused-ring (bicyclic) bond motifs is 1. The Kier molecular flexibility index (Phi) is 6.36. The number of benzene rings is 1. The van der Waals surface area contributed by atoms with Crippen LogP contribution in [0.1, 0.15) is 35.9 Å². The number of hydrogen-bond acceptors (Lipinski definition) is 3. The normalized spacial score (nSPS) is 13.1. The van der Waals surface area contributed by atoms with Crippen molar-refractivity contribution in [3.05, 3.63) is 58.3 Å². The summed E-state index contributed by atoms with van der Waals surface area (Å²) in [6.45, 7) is 3.84. The van der Waals surface area contributed by atoms with Gasteiger partial charge in [0.15, 0.2) is 0 Å². The van der Waals surface area contributed by atoms with E-state index in [0.29, 0.717) is 28.6 Å². The molecule has 1 amide bonds. The Balaban J connectivity index is 2.61. The van der Waals surface area contributed by atoms with Crippen molar-refractivity contribution in [3.8, 4) is 0 Å². The van der Waals surface area contributed by atoms with E-state index in [4.69, 9.17) is 11.6 Å². The molecule has 0 bridgehead atoms. The van der Waals surface area contributed by atoms with Gasteiger partial charge < -0.3 is 19.8 Å². The quantitative estimate of drug-likeness (QED) is 0.544. The zero-order chi connectivity index (χ0) is 19.3. The number of carbonyl (C=O) groups is 3. The molecule has 1 aromatic heterocycles. The van der Waals surface area contributed by atoms with E-state index in [1.54, 1.807) is 18.2 Å². The van der Waals surface area contributed by atoms with E-state index in [1.807, 2.05) is 32.1 Å². The van der Waals surface area contributed by atoms with Gasteiger partial charge in [0.1, 0.15) is 18.0 Å². The summed E-state index contributed by atoms with van der Waals surface area (Å²) in [5.74, 6) is -1.22. The number of rotatable bonds is 8. The number of aldehydes is 1. The number of amides is 1. The first-order valence-corrected chi connectivity index (χ1v) is 8.33. The lowest BCUT2D eigenvalue weighted by atomic mass is 10.0. The number of carbonyl (C=O) groups excluding carboxylic acids is 2. The molecule has 2 aromatic rings. The van der Waals surface area contributed by atoms with Crippen LogP contribution in [0.15, 0.2) is 42.0 Å². The molecule has 6 nitrogen and oxygen atoms in total. The molecule has 136 valence electrons. The van der Waals surface area contributed by atoms with Crippen molar-refractivity contribution in [2.75, 3.05) is 6.54 Å². The fourth-order valence-corrected chi connectivity index (χ4v) is 3.02. The van der Waals surface area contributed by atoms with E-state index in [2.05, 4.69) is 4.98 Å². The molecule has 0 saturated heterocycles. The summed E-state index contributed by atoms with van der Waals surface area (Å²) in [6.07, 6.45) is 6.59. The lowest BCUT2D eigenvalue weighted by Crippen LogP contribution is -2.31. The number of nitrogens with zero attached hydrogens (tertiary/aromatic N) is 1. The van der Waals surface area contributed by atoms with E-state index in [0.717, 1.165) is 5.57 Å². The highest BCUT2D eigenvalue weighted by molar-refractivity contribution is 6.31. The van der Waals surface area contributed by atoms with Crippen molar-refractivity contribution in [2.24, 2.45) is 0 Å². The predicted octanol–water partition coefficient (Wildman–Crippen LogP) is 3.74. The molecule has 1 aromatic carbocycles. The maximum atomic E-state index is 11.8. The largest absolute Gasteiger partial charge is 0.477 e. The molecule has 0 aliphatic rings. The zero-order valence-electron chi connectivity index (χ0n) is 14.4. The van der Waals surface area contributed by atoms with Gasteiger partial charge in [-0.1, -0.05) is 35.9 Å². The van der Waals surface area contributed by atoms with Crippen molar-refractivity contribution in [1.29, 1.82) is 0 Å². The average Bonchev–Trinajstić information content (AvgIpc) is 2.99. The minimum atomic E-state index is -1.22. The number of H-pyrrole nitrogens is 1. The number of aromatic nitrogens is 1. The lowest BCUT2D eigenvalue weighted by Gasteiger charge is -2.25. The molecule has 0 aliphatic heterocycles. The van der Waals surface area contributed by atoms with Gasteiger partial charge in [0.25, 0.3) is 0 Å². The molecular formula is C19H19ClN2O4. The van der Waals surface area contributed by atoms with Crippen LogP contribution in [0.5, 0.6) is 0 Å². The molecule has 0 fully saturated rings. The van der Waals surface area contributed by atoms with Crippen LogP contribution in [0.4, 0.5) is 0 Å². The number of carboxylic acids is 1. The Hall–Kier alpha value is -2.86. The summed E-state index contributed by atoms with van der Waals surface area (Å²) >= 11 is 5.97. The molecule has 7 heteroatoms. The SMILES string of the molecule is C/C=C\C(=C/C)CN(C=O)C(C=O)c1c(C(=O)O)[nH]c2cc(Cl)ccc12. The van der Waals surface area contributed by atoms with Gasteiger partial charge in [-0.25, -0.2) is 4.79 Å². The lowest BCUT2D eigenvalue weighted by molar-refractivity contribution is -0.125. The monoisotopic (exact) mass is 374 g/mol. The van der Waals surface area contributed by atoms with Crippen molar-refractivity contribution in [1.82, 2.24) is 9.88 Å². The number of halogens is 1. The number of carboxylic acid groups (broad SMARTS) is 1. The van der Waals surface area contributed by atoms with Crippen LogP contribution in [0, 0.1) is 0 Å². The van der Waals surface area contributed by atoms with Gasteiger partial charge in [-0.3, -0.25) is 4.79 Å². The first-order chi connectivity index (χ1) is 12.5. The smallest absolute Gasteiger partial charge is 0.352 e. The second-order valence-corrected chi connectivity index (χ2v) is 6.07. The Bertz CT molecular complexity index is 898. The number of allylic oxidation sites excluding steroid dienone is 2. The van der Waals surface area contributed by atoms with Crippen LogP contribution in [0.3, 0.4) is 0 Å². The van der Waals surface area contributed by atoms with Gasteiger partial charge in [0, 0.05) is 28.0 Å². The summed E-state index contributed by atoms with van der Waals surface area (Å²) in [5, 5.41) is 10.5. The molecule has 1 unspecified atom stereocenters. The fourth-order valence-electron chi connectivity index (χ4n) is 2.85. The summed E-state index contributed by atoms with van der Waals surface area (Å²) in [4.78, 5) is 39.2. The minimum Gasteiger partial charge on any atom is -0.477 e. The van der Waals surface area contributed by atoms with E-state index < -0.39 is 12.0 Å². The van der Waals surface area contributed by atoms with Crippen LogP contribution in [0.2, 0.25) is 5.02 Å². The third-order valence-electron chi connectivity index (χ3n) is 4.05. The molecule has 2 N–H and O–H groups in total. The van der Waals surface area contributed by atoms with E-state index in [9.17, 15) is 19.5 Å². The fraction of sp³-hybridized carbons (Fsp3) is 0.211. The third kappa shape index (κ3) is 3.86. The Labute approximate surface area is 155 Å². The first-order valence-electron chi connectivity index (χ1n) is 7.95. The van der Waals surface area contributed by atoms with Crippen LogP contribution in [-0.2, 0) is 9.59 Å². The predicted molar refractivity (Wildman–Crippen MR) is 100 cm³/mol. The summed E-state index contributed by atoms with van der Waals surface area (Å²) in [6, 6.07) is 3.78. The van der Waals surface area contributed by atoms with Gasteiger partial charge >= 0.3 is 5.97 Å². The van der Waals surface area contributed by atoms with E-state index >= 15 is 0 Å². The number of aromatic amines is 1. The third-order valence-corrected chi connectivity index (χ3v) is 4.28. The first kappa shape index (κ1) is 19.5. The zero-order valence-corrected chi connectivity index (χ0v) is 15.2. The van der Waals surface area contributed by atoms with Gasteiger partial charge in [0.05, 0.1) is 0 Å². The molecule has 0 aliphatic carbocycles. The summed E-state index contributed by atoms with van der Waals surface area (Å²) in [7, 11) is 0. The van der Waals surface area contributed by atoms with Crippen LogP contribution in [0.25, 0.3) is 10.9 Å². The number of nitrogens with one attached hydrogen (secondary N) is 1. The van der Waals surface area contributed by atoms with Crippen molar-refractivity contribution < 1.29 is 19.5 Å².